The second-order valence-electron chi connectivity index (χ2n) is 2.12. The van der Waals surface area contributed by atoms with Crippen LogP contribution in [0, 0.1) is 6.92 Å². The number of hydrogen-bond acceptors (Lipinski definition) is 4. The molecule has 0 unspecified atom stereocenters. The maximum Gasteiger partial charge on any atom is 0.193 e. The first-order valence-electron chi connectivity index (χ1n) is 3.91. The highest BCUT2D eigenvalue weighted by Gasteiger charge is 1.96. The zero-order valence-corrected chi connectivity index (χ0v) is 8.22. The Morgan fingerprint density at radius 1 is 1.25 bits per heavy atom. The van der Waals surface area contributed by atoms with Gasteiger partial charge < -0.3 is 0 Å². The van der Waals surface area contributed by atoms with E-state index >= 15 is 0 Å². The van der Waals surface area contributed by atoms with Crippen molar-refractivity contribution in [3.63, 3.8) is 0 Å². The molecule has 3 nitrogen and oxygen atoms in total. The molecule has 0 fully saturated rings. The molecule has 4 heteroatoms. The van der Waals surface area contributed by atoms with Gasteiger partial charge in [0.05, 0.1) is 11.7 Å². The van der Waals surface area contributed by atoms with E-state index in [0.717, 1.165) is 16.7 Å². The minimum atomic E-state index is 0.746. The monoisotopic (exact) mass is 181 g/mol. The average Bonchev–Trinajstić information content (AvgIpc) is 2.54. The Balaban J connectivity index is 0.000000336. The summed E-state index contributed by atoms with van der Waals surface area (Å²) < 4.78 is 8.03. The first kappa shape index (κ1) is 9.06. The Kier molecular flexibility index (Phi) is 3.10. The Hall–Kier alpha value is -1.03. The molecular formula is C8H11N3S. The molecule has 0 radical (unpaired) electrons. The molecule has 0 spiro atoms. The summed E-state index contributed by atoms with van der Waals surface area (Å²) >= 11 is 1.20. The molecule has 0 saturated carbocycles. The summed E-state index contributed by atoms with van der Waals surface area (Å²) in [6.07, 6.45) is 1.80. The van der Waals surface area contributed by atoms with E-state index in [0.29, 0.717) is 0 Å². The summed E-state index contributed by atoms with van der Waals surface area (Å²) in [4.78, 5) is 4.08. The largest absolute Gasteiger partial charge is 0.234 e. The zero-order chi connectivity index (χ0) is 8.97. The highest BCUT2D eigenvalue weighted by molar-refractivity contribution is 7.00. The summed E-state index contributed by atoms with van der Waals surface area (Å²) in [5.41, 5.74) is 2.76. The van der Waals surface area contributed by atoms with Gasteiger partial charge in [-0.15, -0.1) is 0 Å². The minimum Gasteiger partial charge on any atom is -0.234 e. The van der Waals surface area contributed by atoms with E-state index in [9.17, 15) is 0 Å². The van der Waals surface area contributed by atoms with E-state index in [1.165, 1.54) is 11.7 Å². The van der Waals surface area contributed by atoms with Crippen LogP contribution < -0.4 is 0 Å². The number of nitrogens with zero attached hydrogens (tertiary/aromatic N) is 3. The molecule has 0 saturated heterocycles. The third-order valence-electron chi connectivity index (χ3n) is 1.25. The normalized spacial score (nSPS) is 9.25. The van der Waals surface area contributed by atoms with Crippen molar-refractivity contribution in [1.29, 1.82) is 0 Å². The van der Waals surface area contributed by atoms with Crippen LogP contribution in [0.5, 0.6) is 0 Å². The molecule has 0 bridgehead atoms. The van der Waals surface area contributed by atoms with Crippen molar-refractivity contribution < 1.29 is 0 Å². The Bertz CT molecular complexity index is 356. The van der Waals surface area contributed by atoms with Crippen LogP contribution in [0.25, 0.3) is 11.2 Å². The minimum absolute atomic E-state index is 0.746. The van der Waals surface area contributed by atoms with E-state index in [4.69, 9.17) is 0 Å². The smallest absolute Gasteiger partial charge is 0.193 e. The number of rotatable bonds is 0. The van der Waals surface area contributed by atoms with Crippen LogP contribution in [-0.2, 0) is 0 Å². The molecule has 0 aliphatic rings. The molecule has 2 aromatic rings. The van der Waals surface area contributed by atoms with Gasteiger partial charge in [0.15, 0.2) is 5.65 Å². The van der Waals surface area contributed by atoms with Crippen LogP contribution in [0.3, 0.4) is 0 Å². The third-order valence-corrected chi connectivity index (χ3v) is 1.78. The maximum absolute atomic E-state index is 4.08. The highest BCUT2D eigenvalue weighted by Crippen LogP contribution is 2.08. The SMILES string of the molecule is CC.Cc1cnc2nsnc2c1. The molecule has 0 atom stereocenters. The lowest BCUT2D eigenvalue weighted by Crippen LogP contribution is -1.77. The van der Waals surface area contributed by atoms with Gasteiger partial charge in [0, 0.05) is 6.20 Å². The number of aromatic nitrogens is 3. The Morgan fingerprint density at radius 2 is 2.00 bits per heavy atom. The van der Waals surface area contributed by atoms with Crippen LogP contribution in [0.2, 0.25) is 0 Å². The average molecular weight is 181 g/mol. The lowest BCUT2D eigenvalue weighted by Gasteiger charge is -1.86. The highest BCUT2D eigenvalue weighted by atomic mass is 32.1. The summed E-state index contributed by atoms with van der Waals surface area (Å²) in [7, 11) is 0. The number of aryl methyl sites for hydroxylation is 1. The third kappa shape index (κ3) is 1.76. The first-order chi connectivity index (χ1) is 5.86. The zero-order valence-electron chi connectivity index (χ0n) is 7.40. The van der Waals surface area contributed by atoms with Crippen LogP contribution in [0.1, 0.15) is 19.4 Å². The second kappa shape index (κ2) is 4.11. The summed E-state index contributed by atoms with van der Waals surface area (Å²) in [5, 5.41) is 0. The van der Waals surface area contributed by atoms with Crippen LogP contribution in [0.15, 0.2) is 12.3 Å². The fourth-order valence-corrected chi connectivity index (χ4v) is 1.27. The molecule has 12 heavy (non-hydrogen) atoms. The van der Waals surface area contributed by atoms with Gasteiger partial charge in [-0.1, -0.05) is 13.8 Å². The van der Waals surface area contributed by atoms with Gasteiger partial charge in [0.1, 0.15) is 5.52 Å². The predicted octanol–water partition coefficient (Wildman–Crippen LogP) is 2.42. The topological polar surface area (TPSA) is 38.7 Å². The van der Waals surface area contributed by atoms with Gasteiger partial charge in [-0.2, -0.15) is 8.75 Å². The van der Waals surface area contributed by atoms with Gasteiger partial charge in [-0.05, 0) is 18.6 Å². The molecule has 0 aliphatic carbocycles. The molecule has 2 heterocycles. The van der Waals surface area contributed by atoms with E-state index in [1.807, 2.05) is 26.8 Å². The van der Waals surface area contributed by atoms with Crippen LogP contribution >= 0.6 is 11.7 Å². The van der Waals surface area contributed by atoms with Crippen molar-refractivity contribution in [1.82, 2.24) is 13.7 Å². The molecule has 0 aliphatic heterocycles. The van der Waals surface area contributed by atoms with Crippen LogP contribution in [0.4, 0.5) is 0 Å². The van der Waals surface area contributed by atoms with Gasteiger partial charge in [0.25, 0.3) is 0 Å². The van der Waals surface area contributed by atoms with Crippen molar-refractivity contribution in [3.05, 3.63) is 17.8 Å². The Morgan fingerprint density at radius 3 is 2.75 bits per heavy atom. The molecule has 64 valence electrons. The molecule has 2 rings (SSSR count). The molecular weight excluding hydrogens is 170 g/mol. The summed E-state index contributed by atoms with van der Waals surface area (Å²) in [5.74, 6) is 0. The van der Waals surface area contributed by atoms with Crippen LogP contribution in [-0.4, -0.2) is 13.7 Å². The van der Waals surface area contributed by atoms with Gasteiger partial charge in [-0.25, -0.2) is 4.98 Å². The molecule has 0 amide bonds. The standard InChI is InChI=1S/C6H5N3S.C2H6/c1-4-2-5-6(7-3-4)9-10-8-5;1-2/h2-3H,1H3;1-2H3. The van der Waals surface area contributed by atoms with Gasteiger partial charge >= 0.3 is 0 Å². The number of pyridine rings is 1. The first-order valence-corrected chi connectivity index (χ1v) is 4.64. The number of fused-ring (bicyclic) bond motifs is 1. The van der Waals surface area contributed by atoms with Crippen molar-refractivity contribution in [2.45, 2.75) is 20.8 Å². The second-order valence-corrected chi connectivity index (χ2v) is 2.65. The van der Waals surface area contributed by atoms with E-state index in [1.54, 1.807) is 6.20 Å². The van der Waals surface area contributed by atoms with E-state index < -0.39 is 0 Å². The predicted molar refractivity (Wildman–Crippen MR) is 51.3 cm³/mol. The van der Waals surface area contributed by atoms with Crippen molar-refractivity contribution in [2.24, 2.45) is 0 Å². The van der Waals surface area contributed by atoms with Crippen molar-refractivity contribution >= 4 is 22.9 Å². The van der Waals surface area contributed by atoms with Crippen molar-refractivity contribution in [3.8, 4) is 0 Å². The fourth-order valence-electron chi connectivity index (χ4n) is 0.787. The summed E-state index contributed by atoms with van der Waals surface area (Å²) in [6, 6.07) is 1.98. The molecule has 0 aromatic carbocycles. The fraction of sp³-hybridized carbons (Fsp3) is 0.375. The lowest BCUT2D eigenvalue weighted by atomic mass is 10.3. The lowest BCUT2D eigenvalue weighted by molar-refractivity contribution is 1.30. The maximum atomic E-state index is 4.08. The Labute approximate surface area is 75.8 Å². The number of hydrogen-bond donors (Lipinski definition) is 0. The summed E-state index contributed by atoms with van der Waals surface area (Å²) in [6.45, 7) is 5.99. The van der Waals surface area contributed by atoms with Gasteiger partial charge in [-0.3, -0.25) is 0 Å². The van der Waals surface area contributed by atoms with E-state index in [2.05, 4.69) is 13.7 Å². The molecule has 2 aromatic heterocycles. The van der Waals surface area contributed by atoms with Crippen molar-refractivity contribution in [2.75, 3.05) is 0 Å². The van der Waals surface area contributed by atoms with E-state index in [-0.39, 0.29) is 0 Å². The quantitative estimate of drug-likeness (QED) is 0.626. The van der Waals surface area contributed by atoms with Gasteiger partial charge in [0.2, 0.25) is 0 Å². The molecule has 0 N–H and O–H groups in total.